The van der Waals surface area contributed by atoms with E-state index in [1.54, 1.807) is 0 Å². The van der Waals surface area contributed by atoms with Gasteiger partial charge in [0.05, 0.1) is 6.04 Å². The number of nitrogens with zero attached hydrogens (tertiary/aromatic N) is 1. The minimum Gasteiger partial charge on any atom is -0.354 e. The Hall–Kier alpha value is -1.39. The Kier molecular flexibility index (Phi) is 5.98. The molecule has 0 aromatic heterocycles. The van der Waals surface area contributed by atoms with Crippen LogP contribution in [0, 0.1) is 12.8 Å². The Balaban J connectivity index is 1.94. The maximum absolute atomic E-state index is 12.4. The molecular formula is C18H29N3O. The molecule has 1 aliphatic carbocycles. The van der Waals surface area contributed by atoms with Crippen molar-refractivity contribution in [3.05, 3.63) is 35.4 Å². The molecule has 4 heteroatoms. The van der Waals surface area contributed by atoms with Gasteiger partial charge in [0.15, 0.2) is 0 Å². The zero-order valence-electron chi connectivity index (χ0n) is 14.0. The Bertz CT molecular complexity index is 484. The summed E-state index contributed by atoms with van der Waals surface area (Å²) in [4.78, 5) is 14.5. The Morgan fingerprint density at radius 1 is 1.32 bits per heavy atom. The fourth-order valence-corrected chi connectivity index (χ4v) is 3.19. The average molecular weight is 303 g/mol. The summed E-state index contributed by atoms with van der Waals surface area (Å²) in [6.45, 7) is 2.73. The summed E-state index contributed by atoms with van der Waals surface area (Å²) in [5, 5.41) is 3.13. The van der Waals surface area contributed by atoms with Gasteiger partial charge in [-0.25, -0.2) is 0 Å². The van der Waals surface area contributed by atoms with E-state index in [9.17, 15) is 4.79 Å². The third-order valence-corrected chi connectivity index (χ3v) is 4.64. The summed E-state index contributed by atoms with van der Waals surface area (Å²) in [6, 6.07) is 8.90. The summed E-state index contributed by atoms with van der Waals surface area (Å²) in [5.74, 6) is 0.249. The highest BCUT2D eigenvalue weighted by atomic mass is 16.1. The van der Waals surface area contributed by atoms with E-state index in [1.165, 1.54) is 11.1 Å². The molecule has 0 spiro atoms. The number of nitrogens with two attached hydrogens (primary N) is 1. The Labute approximate surface area is 134 Å². The van der Waals surface area contributed by atoms with Gasteiger partial charge in [0, 0.05) is 18.5 Å². The fourth-order valence-electron chi connectivity index (χ4n) is 3.19. The number of benzene rings is 1. The van der Waals surface area contributed by atoms with Crippen LogP contribution >= 0.6 is 0 Å². The highest BCUT2D eigenvalue weighted by Gasteiger charge is 2.26. The molecule has 1 aromatic carbocycles. The van der Waals surface area contributed by atoms with Gasteiger partial charge in [-0.15, -0.1) is 0 Å². The van der Waals surface area contributed by atoms with Crippen molar-refractivity contribution in [2.75, 3.05) is 20.6 Å². The second kappa shape index (κ2) is 7.75. The first-order valence-corrected chi connectivity index (χ1v) is 8.23. The molecule has 0 heterocycles. The molecule has 1 aliphatic rings. The van der Waals surface area contributed by atoms with Crippen molar-refractivity contribution >= 4 is 5.91 Å². The molecule has 2 rings (SSSR count). The third-order valence-electron chi connectivity index (χ3n) is 4.64. The van der Waals surface area contributed by atoms with Gasteiger partial charge >= 0.3 is 0 Å². The number of hydrogen-bond acceptors (Lipinski definition) is 3. The number of carbonyl (C=O) groups excluding carboxylic acids is 1. The lowest BCUT2D eigenvalue weighted by atomic mass is 9.85. The van der Waals surface area contributed by atoms with Gasteiger partial charge in [0.25, 0.3) is 0 Å². The van der Waals surface area contributed by atoms with Crippen LogP contribution in [0.15, 0.2) is 24.3 Å². The van der Waals surface area contributed by atoms with Gasteiger partial charge in [-0.05, 0) is 45.8 Å². The summed E-state index contributed by atoms with van der Waals surface area (Å²) in [7, 11) is 4.10. The molecule has 3 N–H and O–H groups in total. The van der Waals surface area contributed by atoms with Crippen LogP contribution in [0.25, 0.3) is 0 Å². The van der Waals surface area contributed by atoms with Crippen LogP contribution in [0.2, 0.25) is 0 Å². The van der Waals surface area contributed by atoms with E-state index >= 15 is 0 Å². The summed E-state index contributed by atoms with van der Waals surface area (Å²) in [6.07, 6.45) is 3.90. The molecule has 3 atom stereocenters. The standard InChI is InChI=1S/C18H29N3O/c1-13-7-9-14(10-8-13)17(21(2)3)12-20-18(22)15-5-4-6-16(19)11-15/h7-10,15-17H,4-6,11-12,19H2,1-3H3,(H,20,22). The average Bonchev–Trinajstić information content (AvgIpc) is 2.48. The molecule has 1 saturated carbocycles. The number of aryl methyl sites for hydroxylation is 1. The molecule has 0 bridgehead atoms. The van der Waals surface area contributed by atoms with Crippen LogP contribution in [0.3, 0.4) is 0 Å². The van der Waals surface area contributed by atoms with Crippen LogP contribution in [-0.4, -0.2) is 37.5 Å². The minimum atomic E-state index is 0.0876. The fraction of sp³-hybridized carbons (Fsp3) is 0.611. The minimum absolute atomic E-state index is 0.0876. The van der Waals surface area contributed by atoms with E-state index in [-0.39, 0.29) is 23.9 Å². The quantitative estimate of drug-likeness (QED) is 0.877. The van der Waals surface area contributed by atoms with Gasteiger partial charge < -0.3 is 16.0 Å². The highest BCUT2D eigenvalue weighted by Crippen LogP contribution is 2.24. The van der Waals surface area contributed by atoms with Crippen molar-refractivity contribution in [1.29, 1.82) is 0 Å². The van der Waals surface area contributed by atoms with Gasteiger partial charge in [-0.1, -0.05) is 36.2 Å². The molecule has 1 fully saturated rings. The molecular weight excluding hydrogens is 274 g/mol. The predicted octanol–water partition coefficient (Wildman–Crippen LogP) is 2.23. The predicted molar refractivity (Wildman–Crippen MR) is 90.6 cm³/mol. The van der Waals surface area contributed by atoms with E-state index in [0.29, 0.717) is 6.54 Å². The van der Waals surface area contributed by atoms with Crippen LogP contribution in [0.1, 0.15) is 42.9 Å². The van der Waals surface area contributed by atoms with Crippen molar-refractivity contribution < 1.29 is 4.79 Å². The lowest BCUT2D eigenvalue weighted by molar-refractivity contribution is -0.126. The maximum atomic E-state index is 12.4. The molecule has 3 unspecified atom stereocenters. The second-order valence-electron chi connectivity index (χ2n) is 6.76. The molecule has 22 heavy (non-hydrogen) atoms. The molecule has 0 saturated heterocycles. The second-order valence-corrected chi connectivity index (χ2v) is 6.76. The van der Waals surface area contributed by atoms with Crippen molar-refractivity contribution in [2.24, 2.45) is 11.7 Å². The number of carbonyl (C=O) groups is 1. The summed E-state index contributed by atoms with van der Waals surface area (Å²) in [5.41, 5.74) is 8.47. The zero-order valence-corrected chi connectivity index (χ0v) is 14.0. The molecule has 122 valence electrons. The molecule has 1 amide bonds. The number of nitrogens with one attached hydrogen (secondary N) is 1. The van der Waals surface area contributed by atoms with Crippen LogP contribution < -0.4 is 11.1 Å². The summed E-state index contributed by atoms with van der Waals surface area (Å²) >= 11 is 0. The molecule has 4 nitrogen and oxygen atoms in total. The first kappa shape index (κ1) is 17.0. The van der Waals surface area contributed by atoms with Crippen LogP contribution in [0.5, 0.6) is 0 Å². The van der Waals surface area contributed by atoms with Crippen molar-refractivity contribution in [1.82, 2.24) is 10.2 Å². The first-order chi connectivity index (χ1) is 10.5. The normalized spacial score (nSPS) is 23.3. The lowest BCUT2D eigenvalue weighted by Crippen LogP contribution is -2.41. The summed E-state index contributed by atoms with van der Waals surface area (Å²) < 4.78 is 0. The molecule has 0 aliphatic heterocycles. The van der Waals surface area contributed by atoms with Gasteiger partial charge in [-0.2, -0.15) is 0 Å². The van der Waals surface area contributed by atoms with Crippen molar-refractivity contribution in [3.63, 3.8) is 0 Å². The van der Waals surface area contributed by atoms with E-state index in [1.807, 2.05) is 14.1 Å². The smallest absolute Gasteiger partial charge is 0.223 e. The van der Waals surface area contributed by atoms with Gasteiger partial charge in [0.1, 0.15) is 0 Å². The zero-order chi connectivity index (χ0) is 16.1. The third kappa shape index (κ3) is 4.55. The number of likely N-dealkylation sites (N-methyl/N-ethyl adjacent to an activating group) is 1. The Morgan fingerprint density at radius 3 is 2.59 bits per heavy atom. The van der Waals surface area contributed by atoms with Gasteiger partial charge in [-0.3, -0.25) is 4.79 Å². The highest BCUT2D eigenvalue weighted by molar-refractivity contribution is 5.78. The van der Waals surface area contributed by atoms with Crippen molar-refractivity contribution in [3.8, 4) is 0 Å². The monoisotopic (exact) mass is 303 g/mol. The topological polar surface area (TPSA) is 58.4 Å². The largest absolute Gasteiger partial charge is 0.354 e. The van der Waals surface area contributed by atoms with Crippen molar-refractivity contribution in [2.45, 2.75) is 44.7 Å². The number of hydrogen-bond donors (Lipinski definition) is 2. The SMILES string of the molecule is Cc1ccc(C(CNC(=O)C2CCCC(N)C2)N(C)C)cc1. The van der Waals surface area contributed by atoms with E-state index in [2.05, 4.69) is 41.4 Å². The molecule has 1 aromatic rings. The maximum Gasteiger partial charge on any atom is 0.223 e. The van der Waals surface area contributed by atoms with Crippen LogP contribution in [-0.2, 0) is 4.79 Å². The first-order valence-electron chi connectivity index (χ1n) is 8.23. The number of rotatable bonds is 5. The molecule has 0 radical (unpaired) electrons. The van der Waals surface area contributed by atoms with Crippen LogP contribution in [0.4, 0.5) is 0 Å². The lowest BCUT2D eigenvalue weighted by Gasteiger charge is -2.28. The van der Waals surface area contributed by atoms with E-state index < -0.39 is 0 Å². The van der Waals surface area contributed by atoms with E-state index in [4.69, 9.17) is 5.73 Å². The number of amides is 1. The van der Waals surface area contributed by atoms with Gasteiger partial charge in [0.2, 0.25) is 5.91 Å². The van der Waals surface area contributed by atoms with E-state index in [0.717, 1.165) is 25.7 Å². The Morgan fingerprint density at radius 2 is 2.00 bits per heavy atom.